The van der Waals surface area contributed by atoms with E-state index < -0.39 is 97.5 Å². The third-order valence-corrected chi connectivity index (χ3v) is 16.4. The minimum Gasteiger partial charge on any atom is -0.462 e. The van der Waals surface area contributed by atoms with E-state index in [0.717, 1.165) is 96.3 Å². The first-order valence-corrected chi connectivity index (χ1v) is 36.1. The van der Waals surface area contributed by atoms with Crippen molar-refractivity contribution >= 4 is 39.5 Å². The van der Waals surface area contributed by atoms with Gasteiger partial charge >= 0.3 is 39.5 Å². The molecule has 0 fully saturated rings. The van der Waals surface area contributed by atoms with Crippen LogP contribution in [-0.4, -0.2) is 96.7 Å². The van der Waals surface area contributed by atoms with Crippen molar-refractivity contribution in [3.8, 4) is 0 Å². The molecule has 0 saturated heterocycles. The number of rotatable bonds is 63. The molecular weight excluding hydrogens is 1090 g/mol. The summed E-state index contributed by atoms with van der Waals surface area (Å²) in [4.78, 5) is 72.1. The quantitative estimate of drug-likeness (QED) is 0.0222. The summed E-state index contributed by atoms with van der Waals surface area (Å²) in [5, 5.41) is 10.5. The van der Waals surface area contributed by atoms with Crippen LogP contribution in [0.5, 0.6) is 0 Å². The fourth-order valence-electron chi connectivity index (χ4n) is 9.41. The lowest BCUT2D eigenvalue weighted by molar-refractivity contribution is -0.161. The molecule has 0 aromatic rings. The van der Waals surface area contributed by atoms with E-state index in [0.29, 0.717) is 31.6 Å². The van der Waals surface area contributed by atoms with Gasteiger partial charge in [0.25, 0.3) is 0 Å². The molecule has 0 bridgehead atoms. The third kappa shape index (κ3) is 57.2. The van der Waals surface area contributed by atoms with E-state index in [1.165, 1.54) is 135 Å². The summed E-state index contributed by atoms with van der Waals surface area (Å²) < 4.78 is 67.9. The topological polar surface area (TPSA) is 237 Å². The number of hydrogen-bond donors (Lipinski definition) is 3. The van der Waals surface area contributed by atoms with Gasteiger partial charge in [0.05, 0.1) is 26.4 Å². The van der Waals surface area contributed by atoms with Crippen LogP contribution in [0.2, 0.25) is 0 Å². The van der Waals surface area contributed by atoms with E-state index in [9.17, 15) is 43.2 Å². The first kappa shape index (κ1) is 80.1. The highest BCUT2D eigenvalue weighted by atomic mass is 31.2. The molecule has 2 unspecified atom stereocenters. The number of phosphoric ester groups is 2. The van der Waals surface area contributed by atoms with Gasteiger partial charge in [-0.15, -0.1) is 0 Å². The Labute approximate surface area is 498 Å². The predicted octanol–water partition coefficient (Wildman–Crippen LogP) is 17.4. The number of aliphatic hydroxyl groups excluding tert-OH is 1. The maximum Gasteiger partial charge on any atom is 0.472 e. The summed E-state index contributed by atoms with van der Waals surface area (Å²) in [6.07, 6.45) is 40.4. The highest BCUT2D eigenvalue weighted by Gasteiger charge is 2.30. The van der Waals surface area contributed by atoms with Gasteiger partial charge in [0.2, 0.25) is 0 Å². The van der Waals surface area contributed by atoms with E-state index in [-0.39, 0.29) is 25.7 Å². The molecule has 0 radical (unpaired) electrons. The molecule has 17 nitrogen and oxygen atoms in total. The van der Waals surface area contributed by atoms with Gasteiger partial charge in [-0.05, 0) is 31.6 Å². The van der Waals surface area contributed by atoms with Gasteiger partial charge in [0, 0.05) is 25.7 Å². The number of aliphatic hydroxyl groups is 1. The molecule has 5 atom stereocenters. The van der Waals surface area contributed by atoms with E-state index >= 15 is 0 Å². The highest BCUT2D eigenvalue weighted by Crippen LogP contribution is 2.45. The van der Waals surface area contributed by atoms with Crippen LogP contribution in [0.1, 0.15) is 317 Å². The summed E-state index contributed by atoms with van der Waals surface area (Å²) in [7, 11) is -9.88. The standard InChI is InChI=1S/C63H122O17P2/c1-6-9-12-15-18-21-23-24-25-27-29-32-38-43-48-62(67)79-58(52-74-61(66)47-42-37-31-28-26-22-19-16-13-10-7-2)54-77-81(69,70)75-50-57(64)51-76-82(71,72)78-55-59(53-73-60(65)46-41-36-30-20-17-14-11-8-3)80-63(68)49-44-39-34-33-35-40-45-56(4)5/h56-59,64H,6-55H2,1-5H3,(H,69,70)(H,71,72)/t57-,58-,59-/m1/s1. The number of esters is 4. The van der Waals surface area contributed by atoms with Gasteiger partial charge in [0.15, 0.2) is 12.2 Å². The van der Waals surface area contributed by atoms with Crippen LogP contribution in [0.3, 0.4) is 0 Å². The van der Waals surface area contributed by atoms with Crippen LogP contribution in [0.4, 0.5) is 0 Å². The molecule has 0 aliphatic heterocycles. The van der Waals surface area contributed by atoms with Crippen molar-refractivity contribution in [1.82, 2.24) is 0 Å². The number of phosphoric acid groups is 2. The van der Waals surface area contributed by atoms with Gasteiger partial charge in [-0.3, -0.25) is 37.3 Å². The molecule has 486 valence electrons. The van der Waals surface area contributed by atoms with E-state index in [2.05, 4.69) is 34.6 Å². The molecular formula is C63H122O17P2. The van der Waals surface area contributed by atoms with Crippen molar-refractivity contribution in [2.45, 2.75) is 335 Å². The van der Waals surface area contributed by atoms with Gasteiger partial charge in [0.1, 0.15) is 19.3 Å². The summed E-state index contributed by atoms with van der Waals surface area (Å²) >= 11 is 0. The van der Waals surface area contributed by atoms with Crippen LogP contribution in [-0.2, 0) is 65.4 Å². The Morgan fingerprint density at radius 3 is 0.829 bits per heavy atom. The van der Waals surface area contributed by atoms with Crippen molar-refractivity contribution < 1.29 is 80.2 Å². The van der Waals surface area contributed by atoms with Crippen LogP contribution in [0.25, 0.3) is 0 Å². The Hall–Kier alpha value is -1.94. The normalized spacial score (nSPS) is 14.3. The average molecular weight is 1210 g/mol. The Balaban J connectivity index is 5.22. The first-order chi connectivity index (χ1) is 39.5. The molecule has 0 saturated carbocycles. The largest absolute Gasteiger partial charge is 0.472 e. The minimum absolute atomic E-state index is 0.102. The van der Waals surface area contributed by atoms with E-state index in [1.54, 1.807) is 0 Å². The lowest BCUT2D eigenvalue weighted by Crippen LogP contribution is -2.30. The number of carbonyl (C=O) groups excluding carboxylic acids is 4. The first-order valence-electron chi connectivity index (χ1n) is 33.1. The highest BCUT2D eigenvalue weighted by molar-refractivity contribution is 7.47. The van der Waals surface area contributed by atoms with E-state index in [1.807, 2.05) is 0 Å². The van der Waals surface area contributed by atoms with Gasteiger partial charge in [-0.1, -0.05) is 266 Å². The fraction of sp³-hybridized carbons (Fsp3) is 0.937. The summed E-state index contributed by atoms with van der Waals surface area (Å²) in [6.45, 7) is 7.07. The predicted molar refractivity (Wildman–Crippen MR) is 326 cm³/mol. The van der Waals surface area contributed by atoms with Crippen molar-refractivity contribution in [3.63, 3.8) is 0 Å². The van der Waals surface area contributed by atoms with Gasteiger partial charge in [-0.2, -0.15) is 0 Å². The minimum atomic E-state index is -4.94. The third-order valence-electron chi connectivity index (χ3n) is 14.5. The van der Waals surface area contributed by atoms with Crippen LogP contribution >= 0.6 is 15.6 Å². The smallest absolute Gasteiger partial charge is 0.462 e. The Kier molecular flexibility index (Phi) is 55.5. The number of hydrogen-bond acceptors (Lipinski definition) is 15. The SMILES string of the molecule is CCCCCCCCCCCCCCCCC(=O)O[C@H](COC(=O)CCCCCCCCCCCCC)COP(=O)(O)OC[C@@H](O)COP(=O)(O)OC[C@@H](COC(=O)CCCCCCCCCC)OC(=O)CCCCCCCCC(C)C. The molecule has 0 aliphatic carbocycles. The lowest BCUT2D eigenvalue weighted by atomic mass is 10.0. The van der Waals surface area contributed by atoms with Crippen molar-refractivity contribution in [1.29, 1.82) is 0 Å². The zero-order chi connectivity index (χ0) is 60.6. The molecule has 19 heteroatoms. The van der Waals surface area contributed by atoms with Crippen molar-refractivity contribution in [3.05, 3.63) is 0 Å². The second-order valence-electron chi connectivity index (χ2n) is 23.3. The van der Waals surface area contributed by atoms with Crippen molar-refractivity contribution in [2.75, 3.05) is 39.6 Å². The monoisotopic (exact) mass is 1210 g/mol. The average Bonchev–Trinajstić information content (AvgIpc) is 3.46. The Morgan fingerprint density at radius 2 is 0.561 bits per heavy atom. The second-order valence-corrected chi connectivity index (χ2v) is 26.2. The maximum atomic E-state index is 13.0. The zero-order valence-corrected chi connectivity index (χ0v) is 54.4. The molecule has 0 aliphatic rings. The molecule has 0 heterocycles. The zero-order valence-electron chi connectivity index (χ0n) is 52.6. The van der Waals surface area contributed by atoms with Crippen LogP contribution in [0, 0.1) is 5.92 Å². The molecule has 0 aromatic carbocycles. The molecule has 82 heavy (non-hydrogen) atoms. The van der Waals surface area contributed by atoms with Crippen LogP contribution in [0.15, 0.2) is 0 Å². The molecule has 0 aromatic heterocycles. The van der Waals surface area contributed by atoms with Crippen LogP contribution < -0.4 is 0 Å². The second kappa shape index (κ2) is 56.8. The Morgan fingerprint density at radius 1 is 0.329 bits per heavy atom. The maximum absolute atomic E-state index is 13.0. The summed E-state index contributed by atoms with van der Waals surface area (Å²) in [5.74, 6) is -1.47. The summed E-state index contributed by atoms with van der Waals surface area (Å²) in [6, 6.07) is 0. The van der Waals surface area contributed by atoms with Crippen molar-refractivity contribution in [2.24, 2.45) is 5.92 Å². The fourth-order valence-corrected chi connectivity index (χ4v) is 11.0. The van der Waals surface area contributed by atoms with E-state index in [4.69, 9.17) is 37.0 Å². The Bertz CT molecular complexity index is 1600. The van der Waals surface area contributed by atoms with Gasteiger partial charge < -0.3 is 33.8 Å². The number of unbranched alkanes of at least 4 members (excludes halogenated alkanes) is 35. The number of carbonyl (C=O) groups is 4. The molecule has 3 N–H and O–H groups in total. The number of ether oxygens (including phenoxy) is 4. The molecule has 0 spiro atoms. The molecule has 0 amide bonds. The summed E-state index contributed by atoms with van der Waals surface area (Å²) in [5.41, 5.74) is 0. The molecule has 0 rings (SSSR count). The van der Waals surface area contributed by atoms with Gasteiger partial charge in [-0.25, -0.2) is 9.13 Å². The lowest BCUT2D eigenvalue weighted by Gasteiger charge is -2.21.